The maximum atomic E-state index is 12.5. The van der Waals surface area contributed by atoms with Gasteiger partial charge in [-0.3, -0.25) is 9.59 Å². The van der Waals surface area contributed by atoms with Crippen molar-refractivity contribution in [2.75, 3.05) is 40.0 Å². The molecule has 1 atom stereocenters. The molecule has 1 aromatic carbocycles. The van der Waals surface area contributed by atoms with Crippen LogP contribution in [0.5, 0.6) is 5.75 Å². The first-order valence-electron chi connectivity index (χ1n) is 7.82. The predicted molar refractivity (Wildman–Crippen MR) is 87.6 cm³/mol. The molecule has 1 saturated heterocycles. The van der Waals surface area contributed by atoms with E-state index in [4.69, 9.17) is 19.9 Å². The van der Waals surface area contributed by atoms with Crippen LogP contribution in [0.15, 0.2) is 24.3 Å². The number of aryl methyl sites for hydroxylation is 1. The van der Waals surface area contributed by atoms with Gasteiger partial charge in [0.15, 0.2) is 6.61 Å². The van der Waals surface area contributed by atoms with E-state index in [0.717, 1.165) is 5.56 Å². The number of carbonyl (C=O) groups excluding carboxylic acids is 2. The minimum absolute atomic E-state index is 0.00784. The zero-order valence-electron chi connectivity index (χ0n) is 14.1. The highest BCUT2D eigenvalue weighted by molar-refractivity contribution is 5.78. The van der Waals surface area contributed by atoms with Crippen molar-refractivity contribution in [3.63, 3.8) is 0 Å². The molecule has 1 aromatic rings. The lowest BCUT2D eigenvalue weighted by molar-refractivity contribution is -0.140. The van der Waals surface area contributed by atoms with Crippen molar-refractivity contribution in [1.29, 1.82) is 0 Å². The maximum absolute atomic E-state index is 12.5. The van der Waals surface area contributed by atoms with Gasteiger partial charge in [-0.05, 0) is 19.1 Å². The van der Waals surface area contributed by atoms with E-state index in [1.165, 1.54) is 7.11 Å². The number of benzene rings is 1. The number of ether oxygens (including phenoxy) is 3. The van der Waals surface area contributed by atoms with Gasteiger partial charge in [-0.2, -0.15) is 0 Å². The van der Waals surface area contributed by atoms with E-state index in [1.54, 1.807) is 4.90 Å². The summed E-state index contributed by atoms with van der Waals surface area (Å²) < 4.78 is 16.5. The van der Waals surface area contributed by atoms with Gasteiger partial charge in [0.05, 0.1) is 26.2 Å². The second-order valence-electron chi connectivity index (χ2n) is 6.00. The van der Waals surface area contributed by atoms with Crippen molar-refractivity contribution < 1.29 is 23.8 Å². The number of nitrogens with two attached hydrogens (primary N) is 1. The standard InChI is InChI=1S/C17H24N2O5/c1-13-3-5-14(6-4-13)24-10-16(21)19-7-8-23-12-17(11-19,22-2)9-15(18)20/h3-6H,7-12H2,1-2H3,(H2,18,20)/t17-/m1/s1. The number of primary amides is 1. The van der Waals surface area contributed by atoms with E-state index in [0.29, 0.717) is 18.9 Å². The molecule has 0 saturated carbocycles. The van der Waals surface area contributed by atoms with Crippen LogP contribution in [-0.4, -0.2) is 62.3 Å². The summed E-state index contributed by atoms with van der Waals surface area (Å²) in [5.74, 6) is -0.0483. The predicted octanol–water partition coefficient (Wildman–Crippen LogP) is 0.493. The molecule has 7 heteroatoms. The molecule has 2 amide bonds. The van der Waals surface area contributed by atoms with Crippen molar-refractivity contribution in [1.82, 2.24) is 4.90 Å². The van der Waals surface area contributed by atoms with Crippen LogP contribution in [0.2, 0.25) is 0 Å². The Kier molecular flexibility index (Phi) is 6.16. The normalized spacial score (nSPS) is 21.2. The molecule has 7 nitrogen and oxygen atoms in total. The summed E-state index contributed by atoms with van der Waals surface area (Å²) in [5, 5.41) is 0. The van der Waals surface area contributed by atoms with Crippen LogP contribution in [0.1, 0.15) is 12.0 Å². The highest BCUT2D eigenvalue weighted by Gasteiger charge is 2.38. The molecule has 24 heavy (non-hydrogen) atoms. The lowest BCUT2D eigenvalue weighted by Gasteiger charge is -2.33. The molecule has 0 radical (unpaired) electrons. The topological polar surface area (TPSA) is 91.1 Å². The second kappa shape index (κ2) is 8.12. The van der Waals surface area contributed by atoms with Gasteiger partial charge in [-0.1, -0.05) is 17.7 Å². The molecule has 0 aliphatic carbocycles. The lowest BCUT2D eigenvalue weighted by atomic mass is 9.99. The molecule has 132 valence electrons. The second-order valence-corrected chi connectivity index (χ2v) is 6.00. The van der Waals surface area contributed by atoms with Gasteiger partial charge in [0.1, 0.15) is 11.4 Å². The van der Waals surface area contributed by atoms with Gasteiger partial charge in [0, 0.05) is 13.7 Å². The Morgan fingerprint density at radius 3 is 2.67 bits per heavy atom. The van der Waals surface area contributed by atoms with E-state index in [1.807, 2.05) is 31.2 Å². The summed E-state index contributed by atoms with van der Waals surface area (Å²) in [6.45, 7) is 3.15. The number of hydrogen-bond donors (Lipinski definition) is 1. The number of nitrogens with zero attached hydrogens (tertiary/aromatic N) is 1. The zero-order chi connectivity index (χ0) is 17.6. The van der Waals surface area contributed by atoms with Crippen molar-refractivity contribution in [3.8, 4) is 5.75 Å². The smallest absolute Gasteiger partial charge is 0.260 e. The third-order valence-corrected chi connectivity index (χ3v) is 4.02. The number of methoxy groups -OCH3 is 1. The molecule has 1 fully saturated rings. The monoisotopic (exact) mass is 336 g/mol. The molecule has 0 unspecified atom stereocenters. The average molecular weight is 336 g/mol. The Balaban J connectivity index is 1.98. The van der Waals surface area contributed by atoms with E-state index in [2.05, 4.69) is 0 Å². The molecule has 1 aliphatic heterocycles. The van der Waals surface area contributed by atoms with Crippen LogP contribution in [0, 0.1) is 6.92 Å². The number of carbonyl (C=O) groups is 2. The summed E-state index contributed by atoms with van der Waals surface area (Å²) >= 11 is 0. The summed E-state index contributed by atoms with van der Waals surface area (Å²) in [7, 11) is 1.49. The molecule has 2 rings (SSSR count). The summed E-state index contributed by atoms with van der Waals surface area (Å²) in [6.07, 6.45) is -0.00784. The maximum Gasteiger partial charge on any atom is 0.260 e. The van der Waals surface area contributed by atoms with Gasteiger partial charge in [0.2, 0.25) is 5.91 Å². The van der Waals surface area contributed by atoms with Crippen LogP contribution in [0.3, 0.4) is 0 Å². The van der Waals surface area contributed by atoms with E-state index < -0.39 is 11.5 Å². The van der Waals surface area contributed by atoms with Crippen molar-refractivity contribution >= 4 is 11.8 Å². The summed E-state index contributed by atoms with van der Waals surface area (Å²) in [5.41, 5.74) is 5.51. The fraction of sp³-hybridized carbons (Fsp3) is 0.529. The van der Waals surface area contributed by atoms with Crippen LogP contribution in [0.4, 0.5) is 0 Å². The van der Waals surface area contributed by atoms with Crippen LogP contribution in [0.25, 0.3) is 0 Å². The minimum Gasteiger partial charge on any atom is -0.484 e. The zero-order valence-corrected chi connectivity index (χ0v) is 14.1. The fourth-order valence-corrected chi connectivity index (χ4v) is 2.61. The first kappa shape index (κ1) is 18.2. The first-order chi connectivity index (χ1) is 11.4. The average Bonchev–Trinajstić information content (AvgIpc) is 2.77. The molecule has 1 heterocycles. The third kappa shape index (κ3) is 4.94. The largest absolute Gasteiger partial charge is 0.484 e. The molecular formula is C17H24N2O5. The highest BCUT2D eigenvalue weighted by Crippen LogP contribution is 2.21. The quantitative estimate of drug-likeness (QED) is 0.816. The molecule has 0 aromatic heterocycles. The van der Waals surface area contributed by atoms with Crippen molar-refractivity contribution in [2.45, 2.75) is 18.9 Å². The number of amides is 2. The highest BCUT2D eigenvalue weighted by atomic mass is 16.5. The molecule has 0 bridgehead atoms. The van der Waals surface area contributed by atoms with Gasteiger partial charge < -0.3 is 24.8 Å². The Morgan fingerprint density at radius 2 is 2.04 bits per heavy atom. The van der Waals surface area contributed by atoms with E-state index >= 15 is 0 Å². The van der Waals surface area contributed by atoms with Gasteiger partial charge in [-0.25, -0.2) is 0 Å². The minimum atomic E-state index is -0.915. The molecule has 1 aliphatic rings. The fourth-order valence-electron chi connectivity index (χ4n) is 2.61. The Labute approximate surface area is 141 Å². The van der Waals surface area contributed by atoms with Crippen LogP contribution in [-0.2, 0) is 19.1 Å². The van der Waals surface area contributed by atoms with Gasteiger partial charge >= 0.3 is 0 Å². The number of hydrogen-bond acceptors (Lipinski definition) is 5. The van der Waals surface area contributed by atoms with Gasteiger partial charge in [-0.15, -0.1) is 0 Å². The van der Waals surface area contributed by atoms with Crippen LogP contribution < -0.4 is 10.5 Å². The van der Waals surface area contributed by atoms with E-state index in [9.17, 15) is 9.59 Å². The van der Waals surface area contributed by atoms with E-state index in [-0.39, 0.29) is 32.1 Å². The Bertz CT molecular complexity index is 575. The van der Waals surface area contributed by atoms with Crippen molar-refractivity contribution in [2.24, 2.45) is 5.73 Å². The van der Waals surface area contributed by atoms with Gasteiger partial charge in [0.25, 0.3) is 5.91 Å². The Hall–Kier alpha value is -2.12. The third-order valence-electron chi connectivity index (χ3n) is 4.02. The molecule has 2 N–H and O–H groups in total. The summed E-state index contributed by atoms with van der Waals surface area (Å²) in [4.78, 5) is 25.4. The number of rotatable bonds is 6. The summed E-state index contributed by atoms with van der Waals surface area (Å²) in [6, 6.07) is 7.48. The first-order valence-corrected chi connectivity index (χ1v) is 7.82. The molecular weight excluding hydrogens is 312 g/mol. The molecule has 0 spiro atoms. The van der Waals surface area contributed by atoms with Crippen molar-refractivity contribution in [3.05, 3.63) is 29.8 Å². The SMILES string of the molecule is CO[C@@]1(CC(N)=O)COCCN(C(=O)COc2ccc(C)cc2)C1. The van der Waals surface area contributed by atoms with Crippen LogP contribution >= 0.6 is 0 Å². The lowest BCUT2D eigenvalue weighted by Crippen LogP contribution is -2.50. The Morgan fingerprint density at radius 1 is 1.33 bits per heavy atom.